The number of ketones is 1. The average Bonchev–Trinajstić information content (AvgIpc) is 3.18. The van der Waals surface area contributed by atoms with E-state index in [9.17, 15) is 14.9 Å². The molecule has 0 saturated heterocycles. The number of allylic oxidation sites excluding steroid dienone is 2. The number of carbonyl (C=O) groups is 1. The number of hydrogen-bond donors (Lipinski definition) is 1. The number of fused-ring (bicyclic) bond motifs is 1. The van der Waals surface area contributed by atoms with Crippen LogP contribution in [-0.4, -0.2) is 25.5 Å². The monoisotopic (exact) mass is 455 g/mol. The molecular formula is C21H15Cl2N5O3. The summed E-state index contributed by atoms with van der Waals surface area (Å²) in [6, 6.07) is 10.8. The van der Waals surface area contributed by atoms with Gasteiger partial charge in [0.1, 0.15) is 6.04 Å². The molecule has 0 amide bonds. The smallest absolute Gasteiger partial charge is 0.269 e. The van der Waals surface area contributed by atoms with Crippen LogP contribution in [0.3, 0.4) is 0 Å². The number of nitrogens with one attached hydrogen (secondary N) is 1. The van der Waals surface area contributed by atoms with E-state index in [4.69, 9.17) is 23.2 Å². The summed E-state index contributed by atoms with van der Waals surface area (Å²) >= 11 is 12.2. The van der Waals surface area contributed by atoms with Crippen LogP contribution < -0.4 is 5.32 Å². The highest BCUT2D eigenvalue weighted by atomic mass is 35.5. The zero-order valence-electron chi connectivity index (χ0n) is 16.0. The van der Waals surface area contributed by atoms with Gasteiger partial charge in [-0.3, -0.25) is 14.9 Å². The number of Topliss-reactive ketones (excluding diaryl/α,β-unsaturated/α-hetero) is 1. The molecule has 0 fully saturated rings. The van der Waals surface area contributed by atoms with E-state index < -0.39 is 11.0 Å². The number of halogens is 2. The van der Waals surface area contributed by atoms with Crippen LogP contribution in [0, 0.1) is 10.1 Å². The third-order valence-corrected chi connectivity index (χ3v) is 6.18. The summed E-state index contributed by atoms with van der Waals surface area (Å²) < 4.78 is 1.61. The summed E-state index contributed by atoms with van der Waals surface area (Å²) in [5.74, 6) is 0.873. The van der Waals surface area contributed by atoms with Crippen LogP contribution in [0.4, 0.5) is 11.6 Å². The summed E-state index contributed by atoms with van der Waals surface area (Å²) in [6.45, 7) is 0. The molecule has 1 aromatic heterocycles. The average molecular weight is 456 g/mol. The highest BCUT2D eigenvalue weighted by molar-refractivity contribution is 6.42. The third kappa shape index (κ3) is 3.37. The normalized spacial score (nSPS) is 17.7. The molecule has 5 rings (SSSR count). The standard InChI is InChI=1S/C21H15Cl2N5O3/c22-14-8-7-12(10-15(14)23)20-25-21-24-16-5-2-6-17(29)18(16)19(27(21)26-20)11-3-1-4-13(9-11)28(30)31/h1,3-4,7-10,19H,2,5-6H2,(H,24,25,26). The molecule has 31 heavy (non-hydrogen) atoms. The molecule has 0 saturated carbocycles. The van der Waals surface area contributed by atoms with Gasteiger partial charge in [0.15, 0.2) is 11.6 Å². The molecule has 10 heteroatoms. The fourth-order valence-electron chi connectivity index (χ4n) is 4.03. The van der Waals surface area contributed by atoms with Gasteiger partial charge in [0.05, 0.1) is 15.0 Å². The Morgan fingerprint density at radius 2 is 1.97 bits per heavy atom. The number of nitrogens with zero attached hydrogens (tertiary/aromatic N) is 4. The van der Waals surface area contributed by atoms with Crippen LogP contribution in [0.5, 0.6) is 0 Å². The van der Waals surface area contributed by atoms with Crippen molar-refractivity contribution in [2.24, 2.45) is 0 Å². The number of hydrogen-bond acceptors (Lipinski definition) is 6. The molecule has 3 aromatic rings. The quantitative estimate of drug-likeness (QED) is 0.430. The van der Waals surface area contributed by atoms with Gasteiger partial charge in [-0.1, -0.05) is 35.3 Å². The molecule has 1 aliphatic carbocycles. The van der Waals surface area contributed by atoms with Crippen LogP contribution in [0.25, 0.3) is 11.4 Å². The largest absolute Gasteiger partial charge is 0.328 e. The second-order valence-corrected chi connectivity index (χ2v) is 8.20. The van der Waals surface area contributed by atoms with E-state index in [0.717, 1.165) is 12.1 Å². The second kappa shape index (κ2) is 7.47. The Kier molecular flexibility index (Phi) is 4.75. The van der Waals surface area contributed by atoms with E-state index in [-0.39, 0.29) is 11.5 Å². The number of anilines is 1. The van der Waals surface area contributed by atoms with Crippen molar-refractivity contribution in [3.63, 3.8) is 0 Å². The number of nitro benzene ring substituents is 1. The summed E-state index contributed by atoms with van der Waals surface area (Å²) in [6.07, 6.45) is 1.86. The van der Waals surface area contributed by atoms with E-state index in [2.05, 4.69) is 15.4 Å². The highest BCUT2D eigenvalue weighted by Crippen LogP contribution is 2.41. The molecular weight excluding hydrogens is 441 g/mol. The number of benzene rings is 2. The Morgan fingerprint density at radius 1 is 1.13 bits per heavy atom. The Hall–Kier alpha value is -3.23. The van der Waals surface area contributed by atoms with E-state index in [1.807, 2.05) is 0 Å². The fourth-order valence-corrected chi connectivity index (χ4v) is 4.33. The first kappa shape index (κ1) is 19.7. The van der Waals surface area contributed by atoms with Gasteiger partial charge in [-0.25, -0.2) is 4.68 Å². The van der Waals surface area contributed by atoms with Gasteiger partial charge in [-0.2, -0.15) is 4.98 Å². The topological polar surface area (TPSA) is 103 Å². The molecule has 0 radical (unpaired) electrons. The molecule has 156 valence electrons. The number of rotatable bonds is 3. The minimum atomic E-state index is -0.608. The second-order valence-electron chi connectivity index (χ2n) is 7.38. The fraction of sp³-hybridized carbons (Fsp3) is 0.190. The van der Waals surface area contributed by atoms with Gasteiger partial charge in [0.25, 0.3) is 5.69 Å². The third-order valence-electron chi connectivity index (χ3n) is 5.44. The van der Waals surface area contributed by atoms with Gasteiger partial charge < -0.3 is 5.32 Å². The molecule has 2 heterocycles. The van der Waals surface area contributed by atoms with Crippen LogP contribution in [0.15, 0.2) is 53.7 Å². The first-order valence-corrected chi connectivity index (χ1v) is 10.4. The molecule has 2 aromatic carbocycles. The molecule has 0 spiro atoms. The molecule has 1 unspecified atom stereocenters. The van der Waals surface area contributed by atoms with E-state index in [1.54, 1.807) is 35.0 Å². The molecule has 8 nitrogen and oxygen atoms in total. The summed E-state index contributed by atoms with van der Waals surface area (Å²) in [5, 5.41) is 20.0. The first-order valence-electron chi connectivity index (χ1n) is 9.62. The number of nitro groups is 1. The lowest BCUT2D eigenvalue weighted by atomic mass is 9.85. The van der Waals surface area contributed by atoms with Crippen molar-refractivity contribution < 1.29 is 9.72 Å². The molecule has 1 N–H and O–H groups in total. The predicted octanol–water partition coefficient (Wildman–Crippen LogP) is 5.18. The number of non-ortho nitro benzene ring substituents is 1. The van der Waals surface area contributed by atoms with Gasteiger partial charge in [-0.15, -0.1) is 5.10 Å². The van der Waals surface area contributed by atoms with Crippen molar-refractivity contribution in [1.82, 2.24) is 14.8 Å². The van der Waals surface area contributed by atoms with Crippen molar-refractivity contribution in [1.29, 1.82) is 0 Å². The lowest BCUT2D eigenvalue weighted by Crippen LogP contribution is -2.31. The molecule has 0 bridgehead atoms. The number of carbonyl (C=O) groups excluding carboxylic acids is 1. The van der Waals surface area contributed by atoms with E-state index in [1.165, 1.54) is 12.1 Å². The zero-order valence-corrected chi connectivity index (χ0v) is 17.5. The van der Waals surface area contributed by atoms with Crippen molar-refractivity contribution in [2.45, 2.75) is 25.3 Å². The van der Waals surface area contributed by atoms with Crippen molar-refractivity contribution in [3.8, 4) is 11.4 Å². The zero-order chi connectivity index (χ0) is 21.7. The van der Waals surface area contributed by atoms with Crippen LogP contribution in [0.2, 0.25) is 10.0 Å². The summed E-state index contributed by atoms with van der Waals surface area (Å²) in [4.78, 5) is 28.4. The minimum Gasteiger partial charge on any atom is -0.328 e. The maximum absolute atomic E-state index is 12.9. The molecule has 2 aliphatic rings. The SMILES string of the molecule is O=C1CCCC2=C1C(c1cccc([N+](=O)[O-])c1)n1nc(-c3ccc(Cl)c(Cl)c3)nc1N2. The lowest BCUT2D eigenvalue weighted by molar-refractivity contribution is -0.384. The summed E-state index contributed by atoms with van der Waals surface area (Å²) in [7, 11) is 0. The predicted molar refractivity (Wildman–Crippen MR) is 116 cm³/mol. The lowest BCUT2D eigenvalue weighted by Gasteiger charge is -2.32. The molecule has 1 atom stereocenters. The van der Waals surface area contributed by atoms with Crippen molar-refractivity contribution in [3.05, 3.63) is 79.5 Å². The first-order chi connectivity index (χ1) is 14.9. The Labute approximate surface area is 186 Å². The number of aromatic nitrogens is 3. The van der Waals surface area contributed by atoms with Crippen LogP contribution in [-0.2, 0) is 4.79 Å². The highest BCUT2D eigenvalue weighted by Gasteiger charge is 2.37. The minimum absolute atomic E-state index is 0.00231. The van der Waals surface area contributed by atoms with Crippen molar-refractivity contribution >= 4 is 40.6 Å². The van der Waals surface area contributed by atoms with Gasteiger partial charge in [0, 0.05) is 35.4 Å². The summed E-state index contributed by atoms with van der Waals surface area (Å²) in [5.41, 5.74) is 2.58. The van der Waals surface area contributed by atoms with E-state index >= 15 is 0 Å². The van der Waals surface area contributed by atoms with Gasteiger partial charge in [-0.05, 0) is 36.6 Å². The maximum atomic E-state index is 12.9. The van der Waals surface area contributed by atoms with Gasteiger partial charge >= 0.3 is 0 Å². The van der Waals surface area contributed by atoms with E-state index in [0.29, 0.717) is 51.4 Å². The van der Waals surface area contributed by atoms with Gasteiger partial charge in [0.2, 0.25) is 5.95 Å². The Morgan fingerprint density at radius 3 is 2.74 bits per heavy atom. The maximum Gasteiger partial charge on any atom is 0.269 e. The van der Waals surface area contributed by atoms with Crippen LogP contribution in [0.1, 0.15) is 30.9 Å². The Bertz CT molecular complexity index is 1280. The molecule has 1 aliphatic heterocycles. The van der Waals surface area contributed by atoms with Crippen LogP contribution >= 0.6 is 23.2 Å². The Balaban J connectivity index is 1.68. The van der Waals surface area contributed by atoms with Crippen molar-refractivity contribution in [2.75, 3.05) is 5.32 Å².